The highest BCUT2D eigenvalue weighted by molar-refractivity contribution is 6.30. The number of benzene rings is 1. The van der Waals surface area contributed by atoms with E-state index in [0.29, 0.717) is 23.3 Å². The molecule has 0 atom stereocenters. The van der Waals surface area contributed by atoms with Gasteiger partial charge >= 0.3 is 0 Å². The third-order valence-electron chi connectivity index (χ3n) is 6.06. The number of nitrogens with zero attached hydrogens (tertiary/aromatic N) is 4. The van der Waals surface area contributed by atoms with Crippen LogP contribution in [0.2, 0.25) is 5.02 Å². The molecule has 0 bridgehead atoms. The number of hydrogen-bond donors (Lipinski definition) is 0. The van der Waals surface area contributed by atoms with E-state index in [1.54, 1.807) is 35.2 Å². The molecular formula is C27H27ClN4O3. The first-order valence-electron chi connectivity index (χ1n) is 11.9. The fourth-order valence-electron chi connectivity index (χ4n) is 4.21. The highest BCUT2D eigenvalue weighted by Crippen LogP contribution is 2.21. The van der Waals surface area contributed by atoms with E-state index in [1.165, 1.54) is 32.0 Å². The van der Waals surface area contributed by atoms with Gasteiger partial charge in [0.05, 0.1) is 22.8 Å². The van der Waals surface area contributed by atoms with Gasteiger partial charge < -0.3 is 14.4 Å². The van der Waals surface area contributed by atoms with E-state index < -0.39 is 0 Å². The van der Waals surface area contributed by atoms with E-state index in [9.17, 15) is 4.79 Å². The number of rotatable bonds is 9. The van der Waals surface area contributed by atoms with Crippen molar-refractivity contribution in [2.75, 3.05) is 26.2 Å². The van der Waals surface area contributed by atoms with Crippen molar-refractivity contribution in [3.05, 3.63) is 88.1 Å². The zero-order chi connectivity index (χ0) is 24.0. The van der Waals surface area contributed by atoms with Crippen LogP contribution in [0.4, 0.5) is 0 Å². The maximum absolute atomic E-state index is 12.7. The molecule has 8 heteroatoms. The zero-order valence-electron chi connectivity index (χ0n) is 19.4. The number of aromatic nitrogens is 3. The average molecular weight is 491 g/mol. The number of hydrogen-bond acceptors (Lipinski definition) is 6. The summed E-state index contributed by atoms with van der Waals surface area (Å²) in [5.41, 5.74) is 2.14. The summed E-state index contributed by atoms with van der Waals surface area (Å²) in [4.78, 5) is 24.0. The van der Waals surface area contributed by atoms with Crippen LogP contribution in [0.25, 0.3) is 16.6 Å². The van der Waals surface area contributed by atoms with Crippen LogP contribution in [0.3, 0.4) is 0 Å². The molecule has 35 heavy (non-hydrogen) atoms. The quantitative estimate of drug-likeness (QED) is 0.311. The summed E-state index contributed by atoms with van der Waals surface area (Å²) in [7, 11) is 0. The number of pyridine rings is 3. The van der Waals surface area contributed by atoms with Crippen molar-refractivity contribution in [1.29, 1.82) is 0 Å². The molecule has 0 saturated carbocycles. The predicted octanol–water partition coefficient (Wildman–Crippen LogP) is 4.88. The van der Waals surface area contributed by atoms with Gasteiger partial charge in [-0.05, 0) is 74.8 Å². The number of likely N-dealkylation sites (tertiary alicyclic amines) is 1. The molecule has 0 aliphatic carbocycles. The minimum atomic E-state index is -0.183. The molecule has 1 aliphatic heterocycles. The van der Waals surface area contributed by atoms with E-state index in [4.69, 9.17) is 21.1 Å². The van der Waals surface area contributed by atoms with Crippen LogP contribution >= 0.6 is 11.6 Å². The van der Waals surface area contributed by atoms with Crippen LogP contribution in [-0.4, -0.2) is 45.7 Å². The first-order chi connectivity index (χ1) is 17.1. The first kappa shape index (κ1) is 23.3. The largest absolute Gasteiger partial charge is 0.487 e. The summed E-state index contributed by atoms with van der Waals surface area (Å²) >= 11 is 5.86. The van der Waals surface area contributed by atoms with Crippen molar-refractivity contribution in [1.82, 2.24) is 19.4 Å². The molecule has 0 radical (unpaired) electrons. The fourth-order valence-corrected chi connectivity index (χ4v) is 4.32. The molecule has 1 fully saturated rings. The van der Waals surface area contributed by atoms with Crippen LogP contribution < -0.4 is 15.0 Å². The van der Waals surface area contributed by atoms with Crippen molar-refractivity contribution in [2.45, 2.75) is 25.9 Å². The third-order valence-corrected chi connectivity index (χ3v) is 6.28. The maximum Gasteiger partial charge on any atom is 0.258 e. The molecule has 7 nitrogen and oxygen atoms in total. The summed E-state index contributed by atoms with van der Waals surface area (Å²) in [6.45, 7) is 4.40. The van der Waals surface area contributed by atoms with Gasteiger partial charge in [0.25, 0.3) is 5.56 Å². The lowest BCUT2D eigenvalue weighted by molar-refractivity contribution is 0.257. The molecule has 180 valence electrons. The van der Waals surface area contributed by atoms with Gasteiger partial charge in [0.15, 0.2) is 0 Å². The van der Waals surface area contributed by atoms with Crippen LogP contribution in [0.5, 0.6) is 11.6 Å². The third kappa shape index (κ3) is 5.99. The van der Waals surface area contributed by atoms with Crippen LogP contribution in [0, 0.1) is 0 Å². The lowest BCUT2D eigenvalue weighted by atomic mass is 10.2. The normalized spacial score (nSPS) is 13.9. The lowest BCUT2D eigenvalue weighted by Gasteiger charge is -2.14. The molecule has 5 rings (SSSR count). The van der Waals surface area contributed by atoms with Crippen molar-refractivity contribution >= 4 is 22.5 Å². The summed E-state index contributed by atoms with van der Waals surface area (Å²) in [6.07, 6.45) is 6.89. The second kappa shape index (κ2) is 10.9. The van der Waals surface area contributed by atoms with Gasteiger partial charge in [-0.3, -0.25) is 14.3 Å². The van der Waals surface area contributed by atoms with Gasteiger partial charge in [0.2, 0.25) is 5.88 Å². The highest BCUT2D eigenvalue weighted by atomic mass is 35.5. The molecule has 1 aliphatic rings. The molecule has 0 amide bonds. The van der Waals surface area contributed by atoms with E-state index in [0.717, 1.165) is 35.2 Å². The number of fused-ring (bicyclic) bond motifs is 1. The molecule has 0 N–H and O–H groups in total. The Kier molecular flexibility index (Phi) is 7.25. The summed E-state index contributed by atoms with van der Waals surface area (Å²) < 4.78 is 13.2. The summed E-state index contributed by atoms with van der Waals surface area (Å²) in [5.74, 6) is 1.11. The monoisotopic (exact) mass is 490 g/mol. The topological polar surface area (TPSA) is 69.5 Å². The van der Waals surface area contributed by atoms with Crippen molar-refractivity contribution < 1.29 is 9.47 Å². The Labute approximate surface area is 208 Å². The fraction of sp³-hybridized carbons (Fsp3) is 0.296. The van der Waals surface area contributed by atoms with Gasteiger partial charge in [0, 0.05) is 42.1 Å². The molecule has 1 aromatic carbocycles. The Morgan fingerprint density at radius 3 is 2.66 bits per heavy atom. The lowest BCUT2D eigenvalue weighted by Crippen LogP contribution is -2.22. The average Bonchev–Trinajstić information content (AvgIpc) is 3.40. The van der Waals surface area contributed by atoms with E-state index >= 15 is 0 Å². The Bertz CT molecular complexity index is 1350. The Balaban J connectivity index is 1.22. The van der Waals surface area contributed by atoms with Gasteiger partial charge in [-0.15, -0.1) is 0 Å². The smallest absolute Gasteiger partial charge is 0.258 e. The van der Waals surface area contributed by atoms with Crippen molar-refractivity contribution in [3.63, 3.8) is 0 Å². The van der Waals surface area contributed by atoms with Gasteiger partial charge in [0.1, 0.15) is 12.4 Å². The standard InChI is InChI=1S/C27H27ClN4O3/c28-21-5-6-22(29-18-21)19-35-24-10-14-32(27(33)17-24)23-7-8-25-20(16-23)4-9-26(30-25)34-15-3-13-31-11-1-2-12-31/h4-10,14,16-18H,1-3,11-13,15,19H2. The molecule has 4 aromatic rings. The molecule has 3 aromatic heterocycles. The Morgan fingerprint density at radius 1 is 0.971 bits per heavy atom. The minimum Gasteiger partial charge on any atom is -0.487 e. The van der Waals surface area contributed by atoms with E-state index in [1.807, 2.05) is 30.3 Å². The second-order valence-electron chi connectivity index (χ2n) is 8.60. The molecule has 0 spiro atoms. The summed E-state index contributed by atoms with van der Waals surface area (Å²) in [6, 6.07) is 16.4. The van der Waals surface area contributed by atoms with Crippen molar-refractivity contribution in [3.8, 4) is 17.3 Å². The van der Waals surface area contributed by atoms with Gasteiger partial charge in [-0.1, -0.05) is 11.6 Å². The highest BCUT2D eigenvalue weighted by Gasteiger charge is 2.11. The molecule has 1 saturated heterocycles. The van der Waals surface area contributed by atoms with Crippen LogP contribution in [-0.2, 0) is 6.61 Å². The van der Waals surface area contributed by atoms with Gasteiger partial charge in [-0.2, -0.15) is 0 Å². The first-order valence-corrected chi connectivity index (χ1v) is 12.2. The molecule has 0 unspecified atom stereocenters. The second-order valence-corrected chi connectivity index (χ2v) is 9.04. The van der Waals surface area contributed by atoms with E-state index in [-0.39, 0.29) is 12.2 Å². The molecular weight excluding hydrogens is 464 g/mol. The predicted molar refractivity (Wildman–Crippen MR) is 137 cm³/mol. The van der Waals surface area contributed by atoms with Crippen LogP contribution in [0.1, 0.15) is 25.0 Å². The van der Waals surface area contributed by atoms with E-state index in [2.05, 4.69) is 14.9 Å². The Morgan fingerprint density at radius 2 is 1.86 bits per heavy atom. The number of halogens is 1. The molecule has 4 heterocycles. The summed E-state index contributed by atoms with van der Waals surface area (Å²) in [5, 5.41) is 1.51. The SMILES string of the molecule is O=c1cc(OCc2ccc(Cl)cn2)ccn1-c1ccc2nc(OCCCN3CCCC3)ccc2c1. The van der Waals surface area contributed by atoms with Crippen LogP contribution in [0.15, 0.2) is 71.8 Å². The van der Waals surface area contributed by atoms with Gasteiger partial charge in [-0.25, -0.2) is 4.98 Å². The van der Waals surface area contributed by atoms with Crippen molar-refractivity contribution in [2.24, 2.45) is 0 Å². The zero-order valence-corrected chi connectivity index (χ0v) is 20.2. The maximum atomic E-state index is 12.7. The number of ether oxygens (including phenoxy) is 2. The Hall–Kier alpha value is -3.42. The minimum absolute atomic E-state index is 0.183.